The highest BCUT2D eigenvalue weighted by molar-refractivity contribution is 5.32. The van der Waals surface area contributed by atoms with Gasteiger partial charge in [0.1, 0.15) is 12.7 Å². The monoisotopic (exact) mass is 244 g/mol. The molecule has 1 aromatic heterocycles. The van der Waals surface area contributed by atoms with E-state index in [0.717, 1.165) is 5.56 Å². The van der Waals surface area contributed by atoms with Crippen molar-refractivity contribution in [1.82, 2.24) is 15.0 Å². The third-order valence-corrected chi connectivity index (χ3v) is 2.69. The molecule has 5 heteroatoms. The Kier molecular flexibility index (Phi) is 4.20. The zero-order chi connectivity index (χ0) is 12.8. The second-order valence-electron chi connectivity index (χ2n) is 4.08. The van der Waals surface area contributed by atoms with E-state index in [1.807, 2.05) is 19.1 Å². The van der Waals surface area contributed by atoms with E-state index in [4.69, 9.17) is 5.11 Å². The lowest BCUT2D eigenvalue weighted by Crippen LogP contribution is -2.14. The number of aliphatic hydroxyl groups is 1. The fraction of sp³-hybridized carbons (Fsp3) is 0.308. The van der Waals surface area contributed by atoms with E-state index in [-0.39, 0.29) is 12.6 Å². The molecule has 0 aliphatic heterocycles. The van der Waals surface area contributed by atoms with Crippen LogP contribution in [0.3, 0.4) is 0 Å². The minimum Gasteiger partial charge on any atom is -0.396 e. The summed E-state index contributed by atoms with van der Waals surface area (Å²) < 4.78 is 0. The number of anilines is 1. The van der Waals surface area contributed by atoms with Gasteiger partial charge in [0.2, 0.25) is 5.95 Å². The molecule has 0 saturated heterocycles. The van der Waals surface area contributed by atoms with Gasteiger partial charge in [-0.05, 0) is 18.9 Å². The Morgan fingerprint density at radius 1 is 1.17 bits per heavy atom. The van der Waals surface area contributed by atoms with Gasteiger partial charge in [0.15, 0.2) is 0 Å². The maximum Gasteiger partial charge on any atom is 0.226 e. The highest BCUT2D eigenvalue weighted by atomic mass is 16.3. The largest absolute Gasteiger partial charge is 0.396 e. The fourth-order valence-corrected chi connectivity index (χ4v) is 1.72. The summed E-state index contributed by atoms with van der Waals surface area (Å²) in [6.07, 6.45) is 3.50. The third-order valence-electron chi connectivity index (χ3n) is 2.69. The van der Waals surface area contributed by atoms with Crippen molar-refractivity contribution in [2.45, 2.75) is 19.4 Å². The third kappa shape index (κ3) is 3.24. The molecular weight excluding hydrogens is 228 g/mol. The number of aryl methyl sites for hydroxylation is 1. The Morgan fingerprint density at radius 3 is 2.44 bits per heavy atom. The number of rotatable bonds is 5. The van der Waals surface area contributed by atoms with Gasteiger partial charge in [-0.15, -0.1) is 0 Å². The molecule has 0 unspecified atom stereocenters. The molecule has 0 aliphatic carbocycles. The Hall–Kier alpha value is -2.01. The molecule has 5 nitrogen and oxygen atoms in total. The summed E-state index contributed by atoms with van der Waals surface area (Å²) in [4.78, 5) is 11.8. The summed E-state index contributed by atoms with van der Waals surface area (Å²) >= 11 is 0. The number of aromatic nitrogens is 3. The molecule has 0 spiro atoms. The topological polar surface area (TPSA) is 70.9 Å². The maximum atomic E-state index is 9.14. The first-order valence-corrected chi connectivity index (χ1v) is 5.85. The number of hydrogen-bond acceptors (Lipinski definition) is 5. The van der Waals surface area contributed by atoms with Crippen molar-refractivity contribution in [3.8, 4) is 0 Å². The van der Waals surface area contributed by atoms with Crippen LogP contribution >= 0.6 is 0 Å². The van der Waals surface area contributed by atoms with Gasteiger partial charge in [0.05, 0.1) is 6.04 Å². The minimum atomic E-state index is -0.00185. The van der Waals surface area contributed by atoms with Crippen LogP contribution in [0.2, 0.25) is 0 Å². The van der Waals surface area contributed by atoms with Gasteiger partial charge in [-0.1, -0.05) is 29.8 Å². The minimum absolute atomic E-state index is 0.00185. The zero-order valence-corrected chi connectivity index (χ0v) is 10.2. The summed E-state index contributed by atoms with van der Waals surface area (Å²) in [5, 5.41) is 12.3. The van der Waals surface area contributed by atoms with Gasteiger partial charge < -0.3 is 10.4 Å². The lowest BCUT2D eigenvalue weighted by molar-refractivity contribution is 0.280. The Morgan fingerprint density at radius 2 is 1.83 bits per heavy atom. The number of benzene rings is 1. The average Bonchev–Trinajstić information content (AvgIpc) is 2.40. The number of nitrogens with one attached hydrogen (secondary N) is 1. The average molecular weight is 244 g/mol. The SMILES string of the molecule is Cc1ccc([C@H](CCO)Nc2ncncn2)cc1. The summed E-state index contributed by atoms with van der Waals surface area (Å²) in [5.41, 5.74) is 2.32. The molecule has 0 fully saturated rings. The van der Waals surface area contributed by atoms with Crippen molar-refractivity contribution in [2.24, 2.45) is 0 Å². The maximum absolute atomic E-state index is 9.14. The molecule has 1 heterocycles. The fourth-order valence-electron chi connectivity index (χ4n) is 1.72. The van der Waals surface area contributed by atoms with Crippen LogP contribution in [0.25, 0.3) is 0 Å². The van der Waals surface area contributed by atoms with E-state index in [1.54, 1.807) is 0 Å². The van der Waals surface area contributed by atoms with E-state index in [2.05, 4.69) is 32.4 Å². The zero-order valence-electron chi connectivity index (χ0n) is 10.2. The molecular formula is C13H16N4O. The molecule has 1 aromatic carbocycles. The highest BCUT2D eigenvalue weighted by Crippen LogP contribution is 2.20. The smallest absolute Gasteiger partial charge is 0.226 e. The van der Waals surface area contributed by atoms with Gasteiger partial charge in [-0.2, -0.15) is 0 Å². The van der Waals surface area contributed by atoms with Gasteiger partial charge in [0, 0.05) is 6.61 Å². The van der Waals surface area contributed by atoms with Crippen molar-refractivity contribution < 1.29 is 5.11 Å². The second kappa shape index (κ2) is 6.07. The predicted molar refractivity (Wildman–Crippen MR) is 69.1 cm³/mol. The Labute approximate surface area is 106 Å². The van der Waals surface area contributed by atoms with Crippen LogP contribution in [0.1, 0.15) is 23.6 Å². The lowest BCUT2D eigenvalue weighted by atomic mass is 10.0. The molecule has 0 amide bonds. The molecule has 2 aromatic rings. The standard InChI is InChI=1S/C13H16N4O/c1-10-2-4-11(5-3-10)12(6-7-18)17-13-15-8-14-9-16-13/h2-5,8-9,12,18H,6-7H2,1H3,(H,14,15,16,17)/t12-/m0/s1. The van der Waals surface area contributed by atoms with Gasteiger partial charge in [-0.3, -0.25) is 0 Å². The van der Waals surface area contributed by atoms with Gasteiger partial charge in [-0.25, -0.2) is 15.0 Å². The van der Waals surface area contributed by atoms with E-state index in [9.17, 15) is 0 Å². The van der Waals surface area contributed by atoms with E-state index >= 15 is 0 Å². The molecule has 2 N–H and O–H groups in total. The van der Waals surface area contributed by atoms with Crippen molar-refractivity contribution in [3.05, 3.63) is 48.0 Å². The van der Waals surface area contributed by atoms with Crippen LogP contribution < -0.4 is 5.32 Å². The first-order valence-electron chi connectivity index (χ1n) is 5.85. The number of nitrogens with zero attached hydrogens (tertiary/aromatic N) is 3. The summed E-state index contributed by atoms with van der Waals surface area (Å²) in [5.74, 6) is 0.518. The van der Waals surface area contributed by atoms with Gasteiger partial charge >= 0.3 is 0 Å². The van der Waals surface area contributed by atoms with Crippen LogP contribution in [-0.4, -0.2) is 26.7 Å². The van der Waals surface area contributed by atoms with Crippen LogP contribution in [0.5, 0.6) is 0 Å². The summed E-state index contributed by atoms with van der Waals surface area (Å²) in [6, 6.07) is 8.19. The first kappa shape index (κ1) is 12.4. The van der Waals surface area contributed by atoms with E-state index in [0.29, 0.717) is 12.4 Å². The highest BCUT2D eigenvalue weighted by Gasteiger charge is 2.11. The van der Waals surface area contributed by atoms with Crippen LogP contribution in [0.15, 0.2) is 36.9 Å². The van der Waals surface area contributed by atoms with E-state index < -0.39 is 0 Å². The first-order chi connectivity index (χ1) is 8.79. The van der Waals surface area contributed by atoms with Crippen molar-refractivity contribution in [1.29, 1.82) is 0 Å². The van der Waals surface area contributed by atoms with Crippen LogP contribution in [-0.2, 0) is 0 Å². The van der Waals surface area contributed by atoms with Crippen LogP contribution in [0.4, 0.5) is 5.95 Å². The second-order valence-corrected chi connectivity index (χ2v) is 4.08. The molecule has 2 rings (SSSR count). The van der Waals surface area contributed by atoms with Crippen molar-refractivity contribution in [3.63, 3.8) is 0 Å². The molecule has 0 radical (unpaired) electrons. The quantitative estimate of drug-likeness (QED) is 0.838. The van der Waals surface area contributed by atoms with Crippen LogP contribution in [0, 0.1) is 6.92 Å². The molecule has 94 valence electrons. The lowest BCUT2D eigenvalue weighted by Gasteiger charge is -2.18. The molecule has 18 heavy (non-hydrogen) atoms. The Balaban J connectivity index is 2.15. The number of hydrogen-bond donors (Lipinski definition) is 2. The molecule has 1 atom stereocenters. The molecule has 0 bridgehead atoms. The van der Waals surface area contributed by atoms with E-state index in [1.165, 1.54) is 18.2 Å². The van der Waals surface area contributed by atoms with Crippen molar-refractivity contribution in [2.75, 3.05) is 11.9 Å². The van der Waals surface area contributed by atoms with Gasteiger partial charge in [0.25, 0.3) is 0 Å². The summed E-state index contributed by atoms with van der Waals surface area (Å²) in [6.45, 7) is 2.15. The molecule has 0 aliphatic rings. The predicted octanol–water partition coefficient (Wildman–Crippen LogP) is 1.72. The van der Waals surface area contributed by atoms with Crippen molar-refractivity contribution >= 4 is 5.95 Å². The molecule has 0 saturated carbocycles. The Bertz CT molecular complexity index is 472. The summed E-state index contributed by atoms with van der Waals surface area (Å²) in [7, 11) is 0. The number of aliphatic hydroxyl groups excluding tert-OH is 1. The normalized spacial score (nSPS) is 12.1.